The third kappa shape index (κ3) is 5.07. The molecule has 1 fully saturated rings. The molecule has 6 heteroatoms. The maximum absolute atomic E-state index is 12.7. The van der Waals surface area contributed by atoms with Crippen LogP contribution in [0.2, 0.25) is 0 Å². The fourth-order valence-electron chi connectivity index (χ4n) is 3.43. The molecular weight excluding hydrogens is 352 g/mol. The molecule has 1 aromatic heterocycles. The van der Waals surface area contributed by atoms with Crippen LogP contribution < -0.4 is 4.90 Å². The van der Waals surface area contributed by atoms with Crippen LogP contribution in [0.25, 0.3) is 11.3 Å². The smallest absolute Gasteiger partial charge is 0.253 e. The van der Waals surface area contributed by atoms with Crippen molar-refractivity contribution in [3.8, 4) is 11.3 Å². The molecule has 0 bridgehead atoms. The molecule has 0 radical (unpaired) electrons. The first-order valence-electron chi connectivity index (χ1n) is 9.94. The van der Waals surface area contributed by atoms with Crippen LogP contribution in [-0.4, -0.2) is 61.2 Å². The molecule has 0 unspecified atom stereocenters. The first-order valence-corrected chi connectivity index (χ1v) is 9.94. The van der Waals surface area contributed by atoms with Gasteiger partial charge in [-0.1, -0.05) is 12.1 Å². The molecule has 0 N–H and O–H groups in total. The van der Waals surface area contributed by atoms with Crippen LogP contribution in [0, 0.1) is 6.92 Å². The molecule has 2 heterocycles. The molecule has 1 aliphatic heterocycles. The summed E-state index contributed by atoms with van der Waals surface area (Å²) in [4.78, 5) is 25.4. The van der Waals surface area contributed by atoms with Gasteiger partial charge in [0, 0.05) is 51.1 Å². The van der Waals surface area contributed by atoms with Crippen molar-refractivity contribution in [3.05, 3.63) is 41.6 Å². The average Bonchev–Trinajstić information content (AvgIpc) is 3.20. The van der Waals surface area contributed by atoms with E-state index in [0.29, 0.717) is 17.6 Å². The Morgan fingerprint density at radius 1 is 1.18 bits per heavy atom. The van der Waals surface area contributed by atoms with Gasteiger partial charge in [-0.05, 0) is 50.8 Å². The number of aryl methyl sites for hydroxylation is 1. The van der Waals surface area contributed by atoms with Crippen LogP contribution in [0.15, 0.2) is 30.3 Å². The standard InChI is InChI=1S/C22H30N4O2/c1-16-15-20(24-22(23-16)25(2)3)17-9-11-18(12-10-17)21(27)26(4)13-5-7-19-8-6-14-28-19/h9-12,15,19H,5-8,13-14H2,1-4H3/t19-/m1/s1. The molecule has 28 heavy (non-hydrogen) atoms. The topological polar surface area (TPSA) is 58.6 Å². The lowest BCUT2D eigenvalue weighted by molar-refractivity contribution is 0.0763. The van der Waals surface area contributed by atoms with E-state index in [4.69, 9.17) is 4.74 Å². The van der Waals surface area contributed by atoms with E-state index < -0.39 is 0 Å². The number of benzene rings is 1. The highest BCUT2D eigenvalue weighted by Gasteiger charge is 2.17. The van der Waals surface area contributed by atoms with Crippen LogP contribution in [0.5, 0.6) is 0 Å². The number of hydrogen-bond donors (Lipinski definition) is 0. The molecule has 2 aromatic rings. The number of ether oxygens (including phenoxy) is 1. The van der Waals surface area contributed by atoms with Gasteiger partial charge in [-0.15, -0.1) is 0 Å². The summed E-state index contributed by atoms with van der Waals surface area (Å²) in [6.45, 7) is 3.59. The number of amides is 1. The summed E-state index contributed by atoms with van der Waals surface area (Å²) in [5.41, 5.74) is 3.45. The summed E-state index contributed by atoms with van der Waals surface area (Å²) in [6, 6.07) is 9.62. The molecule has 150 valence electrons. The molecule has 1 amide bonds. The Morgan fingerprint density at radius 2 is 1.93 bits per heavy atom. The van der Waals surface area contributed by atoms with Crippen molar-refractivity contribution in [2.75, 3.05) is 39.2 Å². The number of nitrogens with zero attached hydrogens (tertiary/aromatic N) is 4. The third-order valence-corrected chi connectivity index (χ3v) is 5.06. The lowest BCUT2D eigenvalue weighted by Crippen LogP contribution is -2.28. The van der Waals surface area contributed by atoms with Gasteiger partial charge in [0.15, 0.2) is 0 Å². The highest BCUT2D eigenvalue weighted by atomic mass is 16.5. The molecular formula is C22H30N4O2. The van der Waals surface area contributed by atoms with E-state index >= 15 is 0 Å². The van der Waals surface area contributed by atoms with Gasteiger partial charge in [-0.25, -0.2) is 9.97 Å². The molecule has 0 aliphatic carbocycles. The number of aromatic nitrogens is 2. The SMILES string of the molecule is Cc1cc(-c2ccc(C(=O)N(C)CCC[C@@H]3CCCO3)cc2)nc(N(C)C)n1. The summed E-state index contributed by atoms with van der Waals surface area (Å²) in [6.07, 6.45) is 4.69. The Bertz CT molecular complexity index is 799. The Balaban J connectivity index is 1.62. The van der Waals surface area contributed by atoms with Gasteiger partial charge in [0.1, 0.15) is 0 Å². The summed E-state index contributed by atoms with van der Waals surface area (Å²) in [5.74, 6) is 0.730. The van der Waals surface area contributed by atoms with Gasteiger partial charge < -0.3 is 14.5 Å². The first kappa shape index (κ1) is 20.3. The Kier molecular flexibility index (Phi) is 6.62. The van der Waals surface area contributed by atoms with Gasteiger partial charge in [0.05, 0.1) is 11.8 Å². The maximum Gasteiger partial charge on any atom is 0.253 e. The van der Waals surface area contributed by atoms with Gasteiger partial charge in [-0.2, -0.15) is 0 Å². The Morgan fingerprint density at radius 3 is 2.57 bits per heavy atom. The molecule has 1 atom stereocenters. The van der Waals surface area contributed by atoms with Crippen molar-refractivity contribution in [3.63, 3.8) is 0 Å². The summed E-state index contributed by atoms with van der Waals surface area (Å²) in [7, 11) is 5.72. The zero-order valence-corrected chi connectivity index (χ0v) is 17.3. The third-order valence-electron chi connectivity index (χ3n) is 5.06. The van der Waals surface area contributed by atoms with Crippen molar-refractivity contribution in [2.24, 2.45) is 0 Å². The zero-order chi connectivity index (χ0) is 20.1. The van der Waals surface area contributed by atoms with Crippen LogP contribution in [-0.2, 0) is 4.74 Å². The molecule has 6 nitrogen and oxygen atoms in total. The van der Waals surface area contributed by atoms with Gasteiger partial charge in [0.2, 0.25) is 5.95 Å². The second-order valence-corrected chi connectivity index (χ2v) is 7.67. The van der Waals surface area contributed by atoms with Crippen molar-refractivity contribution < 1.29 is 9.53 Å². The predicted molar refractivity (Wildman–Crippen MR) is 112 cm³/mol. The van der Waals surface area contributed by atoms with Gasteiger partial charge in [-0.3, -0.25) is 4.79 Å². The van der Waals surface area contributed by atoms with Crippen molar-refractivity contribution in [1.29, 1.82) is 0 Å². The molecule has 0 saturated carbocycles. The van der Waals surface area contributed by atoms with Crippen LogP contribution in [0.3, 0.4) is 0 Å². The molecule has 1 aromatic carbocycles. The van der Waals surface area contributed by atoms with E-state index in [1.54, 1.807) is 4.90 Å². The first-order chi connectivity index (χ1) is 13.4. The van der Waals surface area contributed by atoms with Gasteiger partial charge >= 0.3 is 0 Å². The second kappa shape index (κ2) is 9.15. The average molecular weight is 383 g/mol. The minimum atomic E-state index is 0.0479. The lowest BCUT2D eigenvalue weighted by Gasteiger charge is -2.18. The molecule has 3 rings (SSSR count). The lowest BCUT2D eigenvalue weighted by atomic mass is 10.1. The fourth-order valence-corrected chi connectivity index (χ4v) is 3.43. The van der Waals surface area contributed by atoms with E-state index in [1.807, 2.05) is 63.3 Å². The van der Waals surface area contributed by atoms with Crippen molar-refractivity contribution in [1.82, 2.24) is 14.9 Å². The number of rotatable bonds is 7. The summed E-state index contributed by atoms with van der Waals surface area (Å²) < 4.78 is 5.65. The quantitative estimate of drug-likeness (QED) is 0.733. The maximum atomic E-state index is 12.7. The summed E-state index contributed by atoms with van der Waals surface area (Å²) in [5, 5.41) is 0. The van der Waals surface area contributed by atoms with Crippen molar-refractivity contribution >= 4 is 11.9 Å². The highest BCUT2D eigenvalue weighted by molar-refractivity contribution is 5.94. The molecule has 0 spiro atoms. The minimum Gasteiger partial charge on any atom is -0.378 e. The van der Waals surface area contributed by atoms with Crippen molar-refractivity contribution in [2.45, 2.75) is 38.7 Å². The number of anilines is 1. The molecule has 1 saturated heterocycles. The Labute approximate surface area is 167 Å². The van der Waals surface area contributed by atoms with E-state index in [1.165, 1.54) is 0 Å². The normalized spacial score (nSPS) is 16.2. The molecule has 1 aliphatic rings. The van der Waals surface area contributed by atoms with E-state index in [2.05, 4.69) is 9.97 Å². The van der Waals surface area contributed by atoms with Crippen LogP contribution in [0.1, 0.15) is 41.7 Å². The Hall–Kier alpha value is -2.47. The number of hydrogen-bond acceptors (Lipinski definition) is 5. The number of carbonyl (C=O) groups is 1. The largest absolute Gasteiger partial charge is 0.378 e. The fraction of sp³-hybridized carbons (Fsp3) is 0.500. The monoisotopic (exact) mass is 382 g/mol. The van der Waals surface area contributed by atoms with Crippen LogP contribution in [0.4, 0.5) is 5.95 Å². The summed E-state index contributed by atoms with van der Waals surface area (Å²) >= 11 is 0. The second-order valence-electron chi connectivity index (χ2n) is 7.67. The predicted octanol–water partition coefficient (Wildman–Crippen LogP) is 3.55. The van der Waals surface area contributed by atoms with E-state index in [9.17, 15) is 4.79 Å². The van der Waals surface area contributed by atoms with E-state index in [0.717, 1.165) is 55.8 Å². The minimum absolute atomic E-state index is 0.0479. The van der Waals surface area contributed by atoms with Gasteiger partial charge in [0.25, 0.3) is 5.91 Å². The highest BCUT2D eigenvalue weighted by Crippen LogP contribution is 2.21. The van der Waals surface area contributed by atoms with E-state index in [-0.39, 0.29) is 5.91 Å². The zero-order valence-electron chi connectivity index (χ0n) is 17.3. The van der Waals surface area contributed by atoms with Crippen LogP contribution >= 0.6 is 0 Å². The number of carbonyl (C=O) groups excluding carboxylic acids is 1.